The standard InChI is InChI=1S/C16H14O4/c17-12-5-1-3-9-7-10-4-2-6-13(18)16(10)11(15(9)12)8-14(19)20/h1-6,12,17-18H,7-8H2,(H,19,20). The van der Waals surface area contributed by atoms with Crippen LogP contribution in [0.4, 0.5) is 0 Å². The summed E-state index contributed by atoms with van der Waals surface area (Å²) in [5, 5.41) is 29.3. The van der Waals surface area contributed by atoms with Crippen LogP contribution in [-0.2, 0) is 11.2 Å². The van der Waals surface area contributed by atoms with Crippen molar-refractivity contribution in [1.82, 2.24) is 0 Å². The number of carboxylic acids is 1. The van der Waals surface area contributed by atoms with Crippen LogP contribution in [0.1, 0.15) is 17.5 Å². The summed E-state index contributed by atoms with van der Waals surface area (Å²) < 4.78 is 0. The molecule has 2 aliphatic carbocycles. The summed E-state index contributed by atoms with van der Waals surface area (Å²) in [5.74, 6) is -0.920. The summed E-state index contributed by atoms with van der Waals surface area (Å²) >= 11 is 0. The van der Waals surface area contributed by atoms with Crippen LogP contribution in [0.15, 0.2) is 47.6 Å². The second-order valence-corrected chi connectivity index (χ2v) is 4.97. The van der Waals surface area contributed by atoms with Gasteiger partial charge in [0.25, 0.3) is 0 Å². The zero-order chi connectivity index (χ0) is 14.3. The van der Waals surface area contributed by atoms with Gasteiger partial charge in [0.1, 0.15) is 5.75 Å². The van der Waals surface area contributed by atoms with Gasteiger partial charge in [0.05, 0.1) is 12.5 Å². The van der Waals surface area contributed by atoms with E-state index in [9.17, 15) is 15.0 Å². The number of fused-ring (bicyclic) bond motifs is 2. The van der Waals surface area contributed by atoms with E-state index in [0.717, 1.165) is 11.1 Å². The number of aliphatic carboxylic acids is 1. The molecule has 3 rings (SSSR count). The molecule has 3 N–H and O–H groups in total. The fourth-order valence-electron chi connectivity index (χ4n) is 2.94. The van der Waals surface area contributed by atoms with E-state index in [1.807, 2.05) is 12.1 Å². The van der Waals surface area contributed by atoms with E-state index < -0.39 is 12.1 Å². The average molecular weight is 270 g/mol. The molecule has 1 unspecified atom stereocenters. The highest BCUT2D eigenvalue weighted by Crippen LogP contribution is 2.43. The maximum Gasteiger partial charge on any atom is 0.307 e. The Morgan fingerprint density at radius 2 is 2.15 bits per heavy atom. The van der Waals surface area contributed by atoms with Crippen molar-refractivity contribution in [2.45, 2.75) is 18.9 Å². The Hall–Kier alpha value is -2.33. The Morgan fingerprint density at radius 3 is 2.90 bits per heavy atom. The number of aliphatic hydroxyl groups excluding tert-OH is 1. The molecule has 2 aliphatic rings. The Morgan fingerprint density at radius 1 is 1.35 bits per heavy atom. The summed E-state index contributed by atoms with van der Waals surface area (Å²) in [6, 6.07) is 5.16. The van der Waals surface area contributed by atoms with Crippen molar-refractivity contribution in [2.24, 2.45) is 0 Å². The minimum atomic E-state index is -0.982. The molecule has 1 atom stereocenters. The van der Waals surface area contributed by atoms with Gasteiger partial charge < -0.3 is 15.3 Å². The number of phenolic OH excluding ortho intramolecular Hbond substituents is 1. The lowest BCUT2D eigenvalue weighted by atomic mass is 9.77. The first-order chi connectivity index (χ1) is 9.58. The molecule has 20 heavy (non-hydrogen) atoms. The molecule has 0 aromatic heterocycles. The third-order valence-corrected chi connectivity index (χ3v) is 3.70. The monoisotopic (exact) mass is 270 g/mol. The molecule has 0 amide bonds. The van der Waals surface area contributed by atoms with Crippen molar-refractivity contribution < 1.29 is 20.1 Å². The van der Waals surface area contributed by atoms with E-state index in [1.165, 1.54) is 0 Å². The van der Waals surface area contributed by atoms with Crippen molar-refractivity contribution in [3.63, 3.8) is 0 Å². The molecule has 1 aromatic rings. The molecule has 0 radical (unpaired) electrons. The minimum Gasteiger partial charge on any atom is -0.507 e. The predicted molar refractivity (Wildman–Crippen MR) is 74.2 cm³/mol. The van der Waals surface area contributed by atoms with Crippen LogP contribution in [0.3, 0.4) is 0 Å². The van der Waals surface area contributed by atoms with Gasteiger partial charge in [0, 0.05) is 5.56 Å². The van der Waals surface area contributed by atoms with Gasteiger partial charge >= 0.3 is 5.97 Å². The van der Waals surface area contributed by atoms with Gasteiger partial charge in [-0.25, -0.2) is 0 Å². The van der Waals surface area contributed by atoms with Crippen LogP contribution >= 0.6 is 0 Å². The van der Waals surface area contributed by atoms with Crippen molar-refractivity contribution in [2.75, 3.05) is 0 Å². The molecule has 1 aromatic carbocycles. The maximum absolute atomic E-state index is 11.1. The second kappa shape index (κ2) is 4.65. The highest BCUT2D eigenvalue weighted by atomic mass is 16.4. The molecule has 0 fully saturated rings. The lowest BCUT2D eigenvalue weighted by Crippen LogP contribution is -2.20. The summed E-state index contributed by atoms with van der Waals surface area (Å²) in [7, 11) is 0. The number of benzene rings is 1. The number of hydrogen-bond acceptors (Lipinski definition) is 3. The molecule has 0 spiro atoms. The Labute approximate surface area is 116 Å². The topological polar surface area (TPSA) is 77.8 Å². The van der Waals surface area contributed by atoms with Gasteiger partial charge in [-0.05, 0) is 34.8 Å². The molecule has 0 saturated carbocycles. The van der Waals surface area contributed by atoms with Crippen LogP contribution in [0.25, 0.3) is 5.57 Å². The van der Waals surface area contributed by atoms with Gasteiger partial charge in [-0.15, -0.1) is 0 Å². The summed E-state index contributed by atoms with van der Waals surface area (Å²) in [6.45, 7) is 0. The average Bonchev–Trinajstić information content (AvgIpc) is 2.37. The molecule has 0 saturated heterocycles. The van der Waals surface area contributed by atoms with E-state index >= 15 is 0 Å². The third-order valence-electron chi connectivity index (χ3n) is 3.70. The van der Waals surface area contributed by atoms with Crippen LogP contribution in [0.2, 0.25) is 0 Å². The summed E-state index contributed by atoms with van der Waals surface area (Å²) in [5.41, 5.74) is 3.47. The first kappa shape index (κ1) is 12.7. The molecule has 102 valence electrons. The molecular weight excluding hydrogens is 256 g/mol. The number of carbonyl (C=O) groups is 1. The second-order valence-electron chi connectivity index (χ2n) is 4.97. The Kier molecular flexibility index (Phi) is 2.95. The highest BCUT2D eigenvalue weighted by Gasteiger charge is 2.30. The molecular formula is C16H14O4. The van der Waals surface area contributed by atoms with E-state index in [0.29, 0.717) is 23.1 Å². The zero-order valence-electron chi connectivity index (χ0n) is 10.7. The fourth-order valence-corrected chi connectivity index (χ4v) is 2.94. The molecule has 4 nitrogen and oxygen atoms in total. The number of aromatic hydroxyl groups is 1. The number of aliphatic hydroxyl groups is 1. The van der Waals surface area contributed by atoms with Crippen LogP contribution in [0.5, 0.6) is 5.75 Å². The van der Waals surface area contributed by atoms with Gasteiger partial charge in [0.2, 0.25) is 0 Å². The lowest BCUT2D eigenvalue weighted by molar-refractivity contribution is -0.135. The SMILES string of the molecule is O=C(O)CC1=C2C(=CC=CC2O)Cc2cccc(O)c21. The Bertz CT molecular complexity index is 680. The van der Waals surface area contributed by atoms with Crippen molar-refractivity contribution >= 4 is 11.5 Å². The Balaban J connectivity index is 2.27. The van der Waals surface area contributed by atoms with E-state index in [4.69, 9.17) is 5.11 Å². The van der Waals surface area contributed by atoms with Gasteiger partial charge in [-0.1, -0.05) is 30.4 Å². The van der Waals surface area contributed by atoms with Crippen molar-refractivity contribution in [3.8, 4) is 5.75 Å². The van der Waals surface area contributed by atoms with Gasteiger partial charge in [0.15, 0.2) is 0 Å². The maximum atomic E-state index is 11.1. The summed E-state index contributed by atoms with van der Waals surface area (Å²) in [4.78, 5) is 11.1. The normalized spacial score (nSPS) is 20.2. The molecule has 4 heteroatoms. The molecule has 0 aliphatic heterocycles. The zero-order valence-corrected chi connectivity index (χ0v) is 10.7. The quantitative estimate of drug-likeness (QED) is 0.768. The van der Waals surface area contributed by atoms with E-state index in [2.05, 4.69) is 0 Å². The van der Waals surface area contributed by atoms with Crippen LogP contribution in [-0.4, -0.2) is 27.4 Å². The predicted octanol–water partition coefficient (Wildman–Crippen LogP) is 2.03. The first-order valence-corrected chi connectivity index (χ1v) is 6.40. The van der Waals surface area contributed by atoms with Crippen LogP contribution in [0, 0.1) is 0 Å². The van der Waals surface area contributed by atoms with Crippen molar-refractivity contribution in [1.29, 1.82) is 0 Å². The molecule has 0 heterocycles. The number of allylic oxidation sites excluding steroid dienone is 2. The van der Waals surface area contributed by atoms with E-state index in [-0.39, 0.29) is 12.2 Å². The minimum absolute atomic E-state index is 0.0621. The number of phenols is 1. The first-order valence-electron chi connectivity index (χ1n) is 6.40. The summed E-state index contributed by atoms with van der Waals surface area (Å²) in [6.07, 6.45) is 4.82. The van der Waals surface area contributed by atoms with Gasteiger partial charge in [-0.2, -0.15) is 0 Å². The fraction of sp³-hybridized carbons (Fsp3) is 0.188. The number of carboxylic acid groups (broad SMARTS) is 1. The number of hydrogen-bond donors (Lipinski definition) is 3. The number of rotatable bonds is 2. The van der Waals surface area contributed by atoms with Crippen molar-refractivity contribution in [3.05, 3.63) is 58.7 Å². The van der Waals surface area contributed by atoms with E-state index in [1.54, 1.807) is 24.3 Å². The van der Waals surface area contributed by atoms with Gasteiger partial charge in [-0.3, -0.25) is 4.79 Å². The van der Waals surface area contributed by atoms with Crippen LogP contribution < -0.4 is 0 Å². The smallest absolute Gasteiger partial charge is 0.307 e. The largest absolute Gasteiger partial charge is 0.507 e. The molecule has 0 bridgehead atoms. The lowest BCUT2D eigenvalue weighted by Gasteiger charge is -2.29. The third kappa shape index (κ3) is 1.94. The highest BCUT2D eigenvalue weighted by molar-refractivity contribution is 5.91.